The maximum atomic E-state index is 12.2. The van der Waals surface area contributed by atoms with Gasteiger partial charge >= 0.3 is 0 Å². The minimum atomic E-state index is 0. The van der Waals surface area contributed by atoms with Crippen LogP contribution in [0, 0.1) is 20.8 Å². The predicted molar refractivity (Wildman–Crippen MR) is 96.1 cm³/mol. The molecule has 0 radical (unpaired) electrons. The quantitative estimate of drug-likeness (QED) is 0.898. The van der Waals surface area contributed by atoms with E-state index in [1.807, 2.05) is 0 Å². The Bertz CT molecular complexity index is 471. The van der Waals surface area contributed by atoms with Gasteiger partial charge in [-0.05, 0) is 57.8 Å². The molecule has 1 saturated heterocycles. The summed E-state index contributed by atoms with van der Waals surface area (Å²) in [6.45, 7) is 9.39. The van der Waals surface area contributed by atoms with Gasteiger partial charge in [-0.2, -0.15) is 0 Å². The van der Waals surface area contributed by atoms with Crippen molar-refractivity contribution >= 4 is 24.0 Å². The van der Waals surface area contributed by atoms with Crippen LogP contribution in [0.1, 0.15) is 48.8 Å². The highest BCUT2D eigenvalue weighted by molar-refractivity contribution is 5.92. The molecule has 0 spiro atoms. The average molecular weight is 325 g/mol. The van der Waals surface area contributed by atoms with Crippen LogP contribution in [0.2, 0.25) is 0 Å². The maximum absolute atomic E-state index is 12.2. The summed E-state index contributed by atoms with van der Waals surface area (Å²) in [4.78, 5) is 14.6. The molecular weight excluding hydrogens is 296 g/mol. The van der Waals surface area contributed by atoms with E-state index in [9.17, 15) is 4.79 Å². The SMILES string of the molecule is Cc1cc(C)c(NC(=O)CCN2CCCCCC2)c(C)c1.Cl. The Morgan fingerprint density at radius 3 is 2.14 bits per heavy atom. The summed E-state index contributed by atoms with van der Waals surface area (Å²) < 4.78 is 0. The Hall–Kier alpha value is -1.06. The van der Waals surface area contributed by atoms with Crippen molar-refractivity contribution in [3.63, 3.8) is 0 Å². The Morgan fingerprint density at radius 2 is 1.59 bits per heavy atom. The minimum Gasteiger partial charge on any atom is -0.326 e. The van der Waals surface area contributed by atoms with E-state index in [-0.39, 0.29) is 18.3 Å². The van der Waals surface area contributed by atoms with Gasteiger partial charge in [-0.1, -0.05) is 30.5 Å². The summed E-state index contributed by atoms with van der Waals surface area (Å²) in [5, 5.41) is 3.10. The number of anilines is 1. The molecule has 1 aromatic rings. The molecule has 0 aromatic heterocycles. The van der Waals surface area contributed by atoms with E-state index < -0.39 is 0 Å². The van der Waals surface area contributed by atoms with Crippen molar-refractivity contribution in [1.82, 2.24) is 4.90 Å². The first-order valence-corrected chi connectivity index (χ1v) is 8.16. The first-order valence-electron chi connectivity index (χ1n) is 8.16. The van der Waals surface area contributed by atoms with E-state index >= 15 is 0 Å². The van der Waals surface area contributed by atoms with Crippen molar-refractivity contribution in [2.45, 2.75) is 52.9 Å². The fraction of sp³-hybridized carbons (Fsp3) is 0.611. The zero-order valence-electron chi connectivity index (χ0n) is 14.1. The topological polar surface area (TPSA) is 32.3 Å². The molecule has 3 nitrogen and oxygen atoms in total. The number of hydrogen-bond acceptors (Lipinski definition) is 2. The maximum Gasteiger partial charge on any atom is 0.225 e. The summed E-state index contributed by atoms with van der Waals surface area (Å²) in [5.74, 6) is 0.134. The Kier molecular flexibility index (Phi) is 7.91. The summed E-state index contributed by atoms with van der Waals surface area (Å²) in [6, 6.07) is 4.24. The number of nitrogens with zero attached hydrogens (tertiary/aromatic N) is 1. The van der Waals surface area contributed by atoms with Crippen molar-refractivity contribution in [3.8, 4) is 0 Å². The van der Waals surface area contributed by atoms with Gasteiger partial charge in [0.05, 0.1) is 0 Å². The Labute approximate surface area is 140 Å². The van der Waals surface area contributed by atoms with Crippen LogP contribution in [0.25, 0.3) is 0 Å². The van der Waals surface area contributed by atoms with Crippen LogP contribution in [0.5, 0.6) is 0 Å². The van der Waals surface area contributed by atoms with Gasteiger partial charge in [-0.25, -0.2) is 0 Å². The number of benzene rings is 1. The van der Waals surface area contributed by atoms with E-state index in [4.69, 9.17) is 0 Å². The van der Waals surface area contributed by atoms with Gasteiger partial charge in [0.2, 0.25) is 5.91 Å². The summed E-state index contributed by atoms with van der Waals surface area (Å²) >= 11 is 0. The highest BCUT2D eigenvalue weighted by Gasteiger charge is 2.12. The lowest BCUT2D eigenvalue weighted by atomic mass is 10.0. The van der Waals surface area contributed by atoms with Crippen LogP contribution in [0.15, 0.2) is 12.1 Å². The largest absolute Gasteiger partial charge is 0.326 e. The molecule has 1 heterocycles. The summed E-state index contributed by atoms with van der Waals surface area (Å²) in [6.07, 6.45) is 5.82. The molecule has 0 bridgehead atoms. The Morgan fingerprint density at radius 1 is 1.05 bits per heavy atom. The standard InChI is InChI=1S/C18H28N2O.ClH/c1-14-12-15(2)18(16(3)13-14)19-17(21)8-11-20-9-6-4-5-7-10-20;/h12-13H,4-11H2,1-3H3,(H,19,21);1H. The number of hydrogen-bond donors (Lipinski definition) is 1. The molecule has 2 rings (SSSR count). The van der Waals surface area contributed by atoms with Gasteiger partial charge in [0.25, 0.3) is 0 Å². The van der Waals surface area contributed by atoms with Crippen molar-refractivity contribution < 1.29 is 4.79 Å². The zero-order valence-corrected chi connectivity index (χ0v) is 14.9. The molecule has 0 aliphatic carbocycles. The lowest BCUT2D eigenvalue weighted by Crippen LogP contribution is -2.29. The molecule has 1 amide bonds. The number of aryl methyl sites for hydroxylation is 3. The third-order valence-electron chi connectivity index (χ3n) is 4.30. The van der Waals surface area contributed by atoms with E-state index in [2.05, 4.69) is 43.1 Å². The van der Waals surface area contributed by atoms with E-state index in [1.54, 1.807) is 0 Å². The van der Waals surface area contributed by atoms with Gasteiger partial charge in [0.1, 0.15) is 0 Å². The number of nitrogens with one attached hydrogen (secondary N) is 1. The number of likely N-dealkylation sites (tertiary alicyclic amines) is 1. The second kappa shape index (κ2) is 9.16. The number of rotatable bonds is 4. The molecular formula is C18H29ClN2O. The van der Waals surface area contributed by atoms with Crippen LogP contribution >= 0.6 is 12.4 Å². The minimum absolute atomic E-state index is 0. The van der Waals surface area contributed by atoms with Gasteiger partial charge in [0.15, 0.2) is 0 Å². The van der Waals surface area contributed by atoms with Crippen LogP contribution in [-0.4, -0.2) is 30.4 Å². The van der Waals surface area contributed by atoms with Crippen LogP contribution in [0.4, 0.5) is 5.69 Å². The molecule has 1 aliphatic heterocycles. The molecule has 124 valence electrons. The third-order valence-corrected chi connectivity index (χ3v) is 4.30. The molecule has 0 atom stereocenters. The van der Waals surface area contributed by atoms with E-state index in [0.717, 1.165) is 36.4 Å². The second-order valence-corrected chi connectivity index (χ2v) is 6.33. The number of amides is 1. The average Bonchev–Trinajstić information content (AvgIpc) is 2.69. The summed E-state index contributed by atoms with van der Waals surface area (Å²) in [7, 11) is 0. The van der Waals surface area contributed by atoms with Crippen LogP contribution in [-0.2, 0) is 4.79 Å². The fourth-order valence-corrected chi connectivity index (χ4v) is 3.20. The fourth-order valence-electron chi connectivity index (χ4n) is 3.20. The highest BCUT2D eigenvalue weighted by Crippen LogP contribution is 2.22. The van der Waals surface area contributed by atoms with Crippen molar-refractivity contribution in [3.05, 3.63) is 28.8 Å². The van der Waals surface area contributed by atoms with Crippen molar-refractivity contribution in [2.75, 3.05) is 25.0 Å². The first kappa shape index (κ1) is 19.0. The van der Waals surface area contributed by atoms with Gasteiger partial charge in [0, 0.05) is 18.7 Å². The molecule has 1 N–H and O–H groups in total. The van der Waals surface area contributed by atoms with Crippen molar-refractivity contribution in [1.29, 1.82) is 0 Å². The second-order valence-electron chi connectivity index (χ2n) is 6.33. The zero-order chi connectivity index (χ0) is 15.2. The number of carbonyl (C=O) groups is 1. The lowest BCUT2D eigenvalue weighted by Gasteiger charge is -2.19. The highest BCUT2D eigenvalue weighted by atomic mass is 35.5. The van der Waals surface area contributed by atoms with E-state index in [0.29, 0.717) is 6.42 Å². The normalized spacial score (nSPS) is 15.8. The van der Waals surface area contributed by atoms with Crippen LogP contribution < -0.4 is 5.32 Å². The van der Waals surface area contributed by atoms with Gasteiger partial charge in [-0.3, -0.25) is 4.79 Å². The Balaban J connectivity index is 0.00000242. The molecule has 22 heavy (non-hydrogen) atoms. The molecule has 1 aliphatic rings. The van der Waals surface area contributed by atoms with Crippen molar-refractivity contribution in [2.24, 2.45) is 0 Å². The number of halogens is 1. The predicted octanol–water partition coefficient (Wildman–Crippen LogP) is 4.24. The monoisotopic (exact) mass is 324 g/mol. The molecule has 1 fully saturated rings. The third kappa shape index (κ3) is 5.62. The number of carbonyl (C=O) groups excluding carboxylic acids is 1. The molecule has 4 heteroatoms. The van der Waals surface area contributed by atoms with Gasteiger partial charge < -0.3 is 10.2 Å². The first-order chi connectivity index (χ1) is 10.1. The molecule has 0 saturated carbocycles. The molecule has 0 unspecified atom stereocenters. The smallest absolute Gasteiger partial charge is 0.225 e. The van der Waals surface area contributed by atoms with Gasteiger partial charge in [-0.15, -0.1) is 12.4 Å². The van der Waals surface area contributed by atoms with E-state index in [1.165, 1.54) is 31.2 Å². The lowest BCUT2D eigenvalue weighted by molar-refractivity contribution is -0.116. The molecule has 1 aromatic carbocycles. The van der Waals surface area contributed by atoms with Crippen LogP contribution in [0.3, 0.4) is 0 Å². The summed E-state index contributed by atoms with van der Waals surface area (Å²) in [5.41, 5.74) is 4.53.